The highest BCUT2D eigenvalue weighted by Gasteiger charge is 2.19. The lowest BCUT2D eigenvalue weighted by atomic mass is 9.91. The predicted molar refractivity (Wildman–Crippen MR) is 119 cm³/mol. The average Bonchev–Trinajstić information content (AvgIpc) is 3.43. The summed E-state index contributed by atoms with van der Waals surface area (Å²) in [5.41, 5.74) is 6.45. The molecule has 1 aliphatic rings. The molecule has 6 nitrogen and oxygen atoms in total. The fourth-order valence-electron chi connectivity index (χ4n) is 4.52. The number of pyridine rings is 2. The fraction of sp³-hybridized carbons (Fsp3) is 0.208. The molecular weight excluding hydrogens is 391 g/mol. The summed E-state index contributed by atoms with van der Waals surface area (Å²) in [5, 5.41) is 13.0. The van der Waals surface area contributed by atoms with Gasteiger partial charge in [0.2, 0.25) is 0 Å². The van der Waals surface area contributed by atoms with Crippen molar-refractivity contribution in [2.24, 2.45) is 0 Å². The van der Waals surface area contributed by atoms with Crippen LogP contribution in [-0.4, -0.2) is 38.2 Å². The van der Waals surface area contributed by atoms with Gasteiger partial charge in [-0.15, -0.1) is 0 Å². The molecule has 6 rings (SSSR count). The largest absolute Gasteiger partial charge is 0.353 e. The highest BCUT2D eigenvalue weighted by atomic mass is 19.1. The minimum Gasteiger partial charge on any atom is -0.353 e. The van der Waals surface area contributed by atoms with Gasteiger partial charge in [-0.25, -0.2) is 9.37 Å². The maximum absolute atomic E-state index is 13.4. The quantitative estimate of drug-likeness (QED) is 0.399. The number of aromatic nitrogens is 5. The van der Waals surface area contributed by atoms with Crippen LogP contribution in [0.3, 0.4) is 0 Å². The number of hydrogen-bond donors (Lipinski definition) is 3. The molecular formula is C24H21FN6. The Hall–Kier alpha value is -3.58. The topological polar surface area (TPSA) is 82.3 Å². The second-order valence-corrected chi connectivity index (χ2v) is 8.07. The molecule has 1 aliphatic heterocycles. The molecule has 154 valence electrons. The summed E-state index contributed by atoms with van der Waals surface area (Å²) in [4.78, 5) is 12.7. The highest BCUT2D eigenvalue weighted by Crippen LogP contribution is 2.34. The van der Waals surface area contributed by atoms with Crippen molar-refractivity contribution in [2.45, 2.75) is 18.8 Å². The Labute approximate surface area is 177 Å². The first-order valence-electron chi connectivity index (χ1n) is 10.5. The fourth-order valence-corrected chi connectivity index (χ4v) is 4.52. The van der Waals surface area contributed by atoms with Gasteiger partial charge in [-0.3, -0.25) is 10.1 Å². The molecule has 0 bridgehead atoms. The van der Waals surface area contributed by atoms with E-state index in [9.17, 15) is 4.39 Å². The van der Waals surface area contributed by atoms with Gasteiger partial charge in [0.25, 0.3) is 0 Å². The Kier molecular flexibility index (Phi) is 4.28. The van der Waals surface area contributed by atoms with Crippen molar-refractivity contribution in [1.29, 1.82) is 0 Å². The Morgan fingerprint density at radius 2 is 1.74 bits per heavy atom. The van der Waals surface area contributed by atoms with Gasteiger partial charge in [0.05, 0.1) is 11.4 Å². The number of nitrogens with one attached hydrogen (secondary N) is 3. The molecule has 1 aromatic carbocycles. The van der Waals surface area contributed by atoms with E-state index in [1.54, 1.807) is 18.3 Å². The molecule has 0 atom stereocenters. The number of halogens is 1. The Bertz CT molecular complexity index is 1380. The number of piperidine rings is 1. The smallest absolute Gasteiger partial charge is 0.155 e. The Balaban J connectivity index is 1.46. The molecule has 7 heteroatoms. The van der Waals surface area contributed by atoms with E-state index in [1.807, 2.05) is 12.3 Å². The molecule has 0 radical (unpaired) electrons. The van der Waals surface area contributed by atoms with Crippen LogP contribution in [0.25, 0.3) is 44.6 Å². The number of benzene rings is 1. The van der Waals surface area contributed by atoms with Crippen LogP contribution in [0.4, 0.5) is 4.39 Å². The van der Waals surface area contributed by atoms with Crippen LogP contribution in [-0.2, 0) is 0 Å². The van der Waals surface area contributed by atoms with E-state index in [1.165, 1.54) is 17.7 Å². The van der Waals surface area contributed by atoms with E-state index in [0.29, 0.717) is 5.92 Å². The van der Waals surface area contributed by atoms with Crippen LogP contribution in [0.15, 0.2) is 54.9 Å². The van der Waals surface area contributed by atoms with Crippen LogP contribution in [0.1, 0.15) is 24.3 Å². The van der Waals surface area contributed by atoms with Gasteiger partial charge >= 0.3 is 0 Å². The van der Waals surface area contributed by atoms with Crippen molar-refractivity contribution in [3.05, 3.63) is 66.2 Å². The second kappa shape index (κ2) is 7.28. The predicted octanol–water partition coefficient (Wildman–Crippen LogP) is 4.77. The monoisotopic (exact) mass is 412 g/mol. The first-order valence-corrected chi connectivity index (χ1v) is 10.5. The summed E-state index contributed by atoms with van der Waals surface area (Å²) in [7, 11) is 0. The third-order valence-electron chi connectivity index (χ3n) is 6.17. The molecule has 0 amide bonds. The Morgan fingerprint density at radius 1 is 0.903 bits per heavy atom. The van der Waals surface area contributed by atoms with E-state index in [4.69, 9.17) is 0 Å². The molecule has 0 unspecified atom stereocenters. The summed E-state index contributed by atoms with van der Waals surface area (Å²) < 4.78 is 13.4. The van der Waals surface area contributed by atoms with Crippen molar-refractivity contribution in [3.63, 3.8) is 0 Å². The number of rotatable bonds is 3. The maximum atomic E-state index is 13.4. The second-order valence-electron chi connectivity index (χ2n) is 8.07. The van der Waals surface area contributed by atoms with Gasteiger partial charge in [-0.1, -0.05) is 0 Å². The van der Waals surface area contributed by atoms with E-state index in [-0.39, 0.29) is 5.82 Å². The number of nitrogens with zero attached hydrogens (tertiary/aromatic N) is 3. The van der Waals surface area contributed by atoms with Crippen molar-refractivity contribution < 1.29 is 4.39 Å². The molecule has 1 fully saturated rings. The molecule has 31 heavy (non-hydrogen) atoms. The van der Waals surface area contributed by atoms with Gasteiger partial charge in [-0.05, 0) is 79.9 Å². The van der Waals surface area contributed by atoms with Crippen LogP contribution in [0.2, 0.25) is 0 Å². The van der Waals surface area contributed by atoms with Gasteiger partial charge in [-0.2, -0.15) is 5.10 Å². The normalized spacial score (nSPS) is 15.1. The van der Waals surface area contributed by atoms with Gasteiger partial charge in [0.1, 0.15) is 11.5 Å². The summed E-state index contributed by atoms with van der Waals surface area (Å²) in [6.45, 7) is 2.09. The zero-order valence-corrected chi connectivity index (χ0v) is 16.8. The lowest BCUT2D eigenvalue weighted by molar-refractivity contribution is 0.460. The van der Waals surface area contributed by atoms with E-state index >= 15 is 0 Å². The number of hydrogen-bond acceptors (Lipinski definition) is 4. The average molecular weight is 412 g/mol. The first kappa shape index (κ1) is 18.2. The lowest BCUT2D eigenvalue weighted by Gasteiger charge is -2.22. The molecule has 0 saturated carbocycles. The standard InChI is InChI=1S/C24H21FN6/c25-17-3-1-15(2-4-17)22-18-12-21(29-20(18)7-10-27-22)23-19-11-16(13-28-24(19)31-30-23)14-5-8-26-9-6-14/h1-4,7,10-14,26,29H,5-6,8-9H2,(H,28,30,31). The van der Waals surface area contributed by atoms with Gasteiger partial charge < -0.3 is 10.3 Å². The van der Waals surface area contributed by atoms with Crippen molar-refractivity contribution in [1.82, 2.24) is 30.5 Å². The number of H-pyrrole nitrogens is 2. The lowest BCUT2D eigenvalue weighted by Crippen LogP contribution is -2.26. The SMILES string of the molecule is Fc1ccc(-c2nccc3[nH]c(-c4n[nH]c5ncc(C6CCNCC6)cc45)cc23)cc1. The zero-order chi connectivity index (χ0) is 20.8. The van der Waals surface area contributed by atoms with Gasteiger partial charge in [0, 0.05) is 34.2 Å². The van der Waals surface area contributed by atoms with Crippen molar-refractivity contribution in [2.75, 3.05) is 13.1 Å². The van der Waals surface area contributed by atoms with E-state index in [0.717, 1.165) is 70.5 Å². The maximum Gasteiger partial charge on any atom is 0.155 e. The van der Waals surface area contributed by atoms with Crippen LogP contribution >= 0.6 is 0 Å². The van der Waals surface area contributed by atoms with Crippen LogP contribution < -0.4 is 5.32 Å². The highest BCUT2D eigenvalue weighted by molar-refractivity contribution is 5.99. The molecule has 4 aromatic heterocycles. The van der Waals surface area contributed by atoms with Crippen molar-refractivity contribution in [3.8, 4) is 22.6 Å². The van der Waals surface area contributed by atoms with E-state index < -0.39 is 0 Å². The number of fused-ring (bicyclic) bond motifs is 2. The summed E-state index contributed by atoms with van der Waals surface area (Å²) in [6, 6.07) is 12.7. The first-order chi connectivity index (χ1) is 15.3. The molecule has 1 saturated heterocycles. The van der Waals surface area contributed by atoms with Crippen LogP contribution in [0, 0.1) is 5.82 Å². The summed E-state index contributed by atoms with van der Waals surface area (Å²) in [5.74, 6) is 0.267. The zero-order valence-electron chi connectivity index (χ0n) is 16.8. The summed E-state index contributed by atoms with van der Waals surface area (Å²) in [6.07, 6.45) is 5.99. The molecule has 0 spiro atoms. The molecule has 5 heterocycles. The minimum absolute atomic E-state index is 0.259. The molecule has 5 aromatic rings. The molecule has 0 aliphatic carbocycles. The Morgan fingerprint density at radius 3 is 2.58 bits per heavy atom. The number of aromatic amines is 2. The van der Waals surface area contributed by atoms with Crippen LogP contribution in [0.5, 0.6) is 0 Å². The minimum atomic E-state index is -0.259. The summed E-state index contributed by atoms with van der Waals surface area (Å²) >= 11 is 0. The van der Waals surface area contributed by atoms with Crippen molar-refractivity contribution >= 4 is 21.9 Å². The van der Waals surface area contributed by atoms with E-state index in [2.05, 4.69) is 42.6 Å². The van der Waals surface area contributed by atoms with Gasteiger partial charge in [0.15, 0.2) is 5.65 Å². The molecule has 3 N–H and O–H groups in total. The third kappa shape index (κ3) is 3.18. The third-order valence-corrected chi connectivity index (χ3v) is 6.17.